The number of hydrogen-bond donors (Lipinski definition) is 1. The van der Waals surface area contributed by atoms with Crippen LogP contribution in [0.5, 0.6) is 17.2 Å². The largest absolute Gasteiger partial charge is 0.483 e. The quantitative estimate of drug-likeness (QED) is 0.545. The molecular formula is C19H14N2O4S2. The van der Waals surface area contributed by atoms with Crippen molar-refractivity contribution in [3.8, 4) is 17.2 Å². The molecule has 1 N–H and O–H groups in total. The first-order chi connectivity index (χ1) is 13.2. The van der Waals surface area contributed by atoms with Crippen LogP contribution in [-0.4, -0.2) is 24.3 Å². The fourth-order valence-electron chi connectivity index (χ4n) is 3.02. The Morgan fingerprint density at radius 1 is 1.26 bits per heavy atom. The fraction of sp³-hybridized carbons (Fsp3) is 0.158. The summed E-state index contributed by atoms with van der Waals surface area (Å²) < 4.78 is 18.6. The van der Waals surface area contributed by atoms with Gasteiger partial charge in [0.05, 0.1) is 19.9 Å². The molecule has 0 atom stereocenters. The number of hydrogen-bond acceptors (Lipinski definition) is 7. The standard InChI is InChI=1S/C19H14N2O4S2/c1-10-20-18-16(27-10)7-14(12-4-5-26-19(12)18)23-8-17(22)21-11-2-3-13-15(6-11)25-9-24-13/h2-7H,8-9H2,1H3,(H,21,22). The molecule has 8 heteroatoms. The third-order valence-electron chi connectivity index (χ3n) is 4.18. The summed E-state index contributed by atoms with van der Waals surface area (Å²) in [5.41, 5.74) is 1.64. The molecule has 0 fully saturated rings. The second-order valence-electron chi connectivity index (χ2n) is 6.02. The minimum Gasteiger partial charge on any atom is -0.483 e. The molecule has 6 nitrogen and oxygen atoms in total. The van der Waals surface area contributed by atoms with Crippen LogP contribution >= 0.6 is 22.7 Å². The van der Waals surface area contributed by atoms with E-state index < -0.39 is 0 Å². The highest BCUT2D eigenvalue weighted by Crippen LogP contribution is 2.39. The molecule has 0 saturated heterocycles. The van der Waals surface area contributed by atoms with Crippen molar-refractivity contribution < 1.29 is 19.0 Å². The molecule has 0 spiro atoms. The predicted molar refractivity (Wildman–Crippen MR) is 106 cm³/mol. The Hall–Kier alpha value is -2.84. The minimum atomic E-state index is -0.238. The number of carbonyl (C=O) groups is 1. The molecule has 27 heavy (non-hydrogen) atoms. The van der Waals surface area contributed by atoms with Gasteiger partial charge in [0, 0.05) is 23.2 Å². The molecular weight excluding hydrogens is 384 g/mol. The Kier molecular flexibility index (Phi) is 3.87. The molecule has 0 bridgehead atoms. The van der Waals surface area contributed by atoms with Crippen molar-refractivity contribution in [2.24, 2.45) is 0 Å². The van der Waals surface area contributed by atoms with Gasteiger partial charge in [0.2, 0.25) is 6.79 Å². The molecule has 1 aliphatic heterocycles. The first-order valence-corrected chi connectivity index (χ1v) is 9.96. The average molecular weight is 398 g/mol. The van der Waals surface area contributed by atoms with Gasteiger partial charge in [-0.3, -0.25) is 4.79 Å². The molecule has 0 saturated carbocycles. The normalized spacial score (nSPS) is 12.6. The fourth-order valence-corrected chi connectivity index (χ4v) is 4.85. The van der Waals surface area contributed by atoms with E-state index in [4.69, 9.17) is 14.2 Å². The summed E-state index contributed by atoms with van der Waals surface area (Å²) in [6, 6.07) is 9.24. The van der Waals surface area contributed by atoms with Gasteiger partial charge >= 0.3 is 0 Å². The number of benzene rings is 2. The van der Waals surface area contributed by atoms with Crippen LogP contribution in [-0.2, 0) is 4.79 Å². The van der Waals surface area contributed by atoms with Gasteiger partial charge in [-0.1, -0.05) is 0 Å². The van der Waals surface area contributed by atoms with Gasteiger partial charge in [-0.15, -0.1) is 22.7 Å². The van der Waals surface area contributed by atoms with E-state index in [0.29, 0.717) is 22.9 Å². The molecule has 2 aromatic carbocycles. The predicted octanol–water partition coefficient (Wildman–Crippen LogP) is 4.57. The Balaban J connectivity index is 1.34. The van der Waals surface area contributed by atoms with Crippen LogP contribution in [0.4, 0.5) is 5.69 Å². The summed E-state index contributed by atoms with van der Waals surface area (Å²) in [6.07, 6.45) is 0. The first-order valence-electron chi connectivity index (χ1n) is 8.27. The van der Waals surface area contributed by atoms with Crippen molar-refractivity contribution >= 4 is 54.6 Å². The minimum absolute atomic E-state index is 0.0807. The van der Waals surface area contributed by atoms with Gasteiger partial charge in [0.15, 0.2) is 18.1 Å². The monoisotopic (exact) mass is 398 g/mol. The van der Waals surface area contributed by atoms with E-state index in [2.05, 4.69) is 10.3 Å². The second kappa shape index (κ2) is 6.40. The van der Waals surface area contributed by atoms with Crippen molar-refractivity contribution in [2.75, 3.05) is 18.7 Å². The van der Waals surface area contributed by atoms with E-state index in [1.165, 1.54) is 0 Å². The van der Waals surface area contributed by atoms with Gasteiger partial charge in [0.25, 0.3) is 5.91 Å². The lowest BCUT2D eigenvalue weighted by molar-refractivity contribution is -0.118. The zero-order valence-corrected chi connectivity index (χ0v) is 15.9. The molecule has 0 unspecified atom stereocenters. The van der Waals surface area contributed by atoms with Crippen molar-refractivity contribution in [1.29, 1.82) is 0 Å². The highest BCUT2D eigenvalue weighted by molar-refractivity contribution is 7.21. The number of aromatic nitrogens is 1. The van der Waals surface area contributed by atoms with Crippen LogP contribution in [0.3, 0.4) is 0 Å². The second-order valence-corrected chi connectivity index (χ2v) is 8.17. The first kappa shape index (κ1) is 16.3. The third kappa shape index (κ3) is 2.96. The summed E-state index contributed by atoms with van der Waals surface area (Å²) in [6.45, 7) is 2.11. The number of rotatable bonds is 4. The third-order valence-corrected chi connectivity index (χ3v) is 6.02. The van der Waals surface area contributed by atoms with E-state index in [1.807, 2.05) is 24.4 Å². The summed E-state index contributed by atoms with van der Waals surface area (Å²) in [5, 5.41) is 6.82. The number of nitrogens with one attached hydrogen (secondary N) is 1. The number of anilines is 1. The number of ether oxygens (including phenoxy) is 3. The maximum Gasteiger partial charge on any atom is 0.262 e. The molecule has 4 aromatic rings. The zero-order valence-electron chi connectivity index (χ0n) is 14.3. The molecule has 2 aromatic heterocycles. The van der Waals surface area contributed by atoms with Crippen LogP contribution in [0.1, 0.15) is 5.01 Å². The van der Waals surface area contributed by atoms with Crippen LogP contribution in [0.2, 0.25) is 0 Å². The number of thiophene rings is 1. The highest BCUT2D eigenvalue weighted by Gasteiger charge is 2.16. The molecule has 3 heterocycles. The average Bonchev–Trinajstić information content (AvgIpc) is 3.37. The van der Waals surface area contributed by atoms with Crippen LogP contribution in [0.15, 0.2) is 35.7 Å². The smallest absolute Gasteiger partial charge is 0.262 e. The molecule has 5 rings (SSSR count). The van der Waals surface area contributed by atoms with E-state index in [9.17, 15) is 4.79 Å². The summed E-state index contributed by atoms with van der Waals surface area (Å²) >= 11 is 3.25. The highest BCUT2D eigenvalue weighted by atomic mass is 32.1. The topological polar surface area (TPSA) is 69.7 Å². The number of aryl methyl sites for hydroxylation is 1. The number of thiazole rings is 1. The number of fused-ring (bicyclic) bond motifs is 4. The van der Waals surface area contributed by atoms with Gasteiger partial charge < -0.3 is 19.5 Å². The molecule has 0 radical (unpaired) electrons. The Morgan fingerprint density at radius 2 is 2.15 bits per heavy atom. The summed E-state index contributed by atoms with van der Waals surface area (Å²) in [4.78, 5) is 16.9. The maximum absolute atomic E-state index is 12.3. The molecule has 1 amide bonds. The van der Waals surface area contributed by atoms with Crippen molar-refractivity contribution in [1.82, 2.24) is 4.98 Å². The Labute approximate surface area is 162 Å². The van der Waals surface area contributed by atoms with Crippen molar-refractivity contribution in [3.63, 3.8) is 0 Å². The lowest BCUT2D eigenvalue weighted by atomic mass is 10.2. The number of amides is 1. The number of carbonyl (C=O) groups excluding carboxylic acids is 1. The van der Waals surface area contributed by atoms with Crippen molar-refractivity contribution in [3.05, 3.63) is 40.7 Å². The molecule has 1 aliphatic rings. The van der Waals surface area contributed by atoms with Gasteiger partial charge in [-0.25, -0.2) is 4.98 Å². The van der Waals surface area contributed by atoms with Gasteiger partial charge in [-0.05, 0) is 30.5 Å². The zero-order chi connectivity index (χ0) is 18.4. The van der Waals surface area contributed by atoms with E-state index >= 15 is 0 Å². The van der Waals surface area contributed by atoms with Crippen LogP contribution in [0, 0.1) is 6.92 Å². The van der Waals surface area contributed by atoms with Crippen molar-refractivity contribution in [2.45, 2.75) is 6.92 Å². The maximum atomic E-state index is 12.3. The number of nitrogens with zero attached hydrogens (tertiary/aromatic N) is 1. The molecule has 0 aliphatic carbocycles. The summed E-state index contributed by atoms with van der Waals surface area (Å²) in [5.74, 6) is 1.76. The lowest BCUT2D eigenvalue weighted by Gasteiger charge is -2.09. The molecule has 136 valence electrons. The Morgan fingerprint density at radius 3 is 3.07 bits per heavy atom. The van der Waals surface area contributed by atoms with E-state index in [0.717, 1.165) is 25.3 Å². The van der Waals surface area contributed by atoms with E-state index in [1.54, 1.807) is 40.9 Å². The van der Waals surface area contributed by atoms with Crippen LogP contribution < -0.4 is 19.5 Å². The van der Waals surface area contributed by atoms with Gasteiger partial charge in [-0.2, -0.15) is 0 Å². The van der Waals surface area contributed by atoms with Gasteiger partial charge in [0.1, 0.15) is 5.75 Å². The SMILES string of the molecule is Cc1nc2c(cc(OCC(=O)Nc3ccc4c(c3)OCO4)c3ccsc32)s1. The van der Waals surface area contributed by atoms with E-state index in [-0.39, 0.29) is 19.3 Å². The van der Waals surface area contributed by atoms with Crippen LogP contribution in [0.25, 0.3) is 20.3 Å². The lowest BCUT2D eigenvalue weighted by Crippen LogP contribution is -2.20. The summed E-state index contributed by atoms with van der Waals surface area (Å²) in [7, 11) is 0. The Bertz CT molecular complexity index is 1180.